The maximum Gasteiger partial charge on any atom is 0.107 e. The monoisotopic (exact) mass is 168 g/mol. The fourth-order valence-electron chi connectivity index (χ4n) is 0.317. The minimum absolute atomic E-state index is 0.123. The van der Waals surface area contributed by atoms with Crippen molar-refractivity contribution in [3.8, 4) is 0 Å². The molecule has 56 valence electrons. The molecule has 0 spiro atoms. The molecule has 0 aromatic rings. The van der Waals surface area contributed by atoms with E-state index in [-0.39, 0.29) is 4.71 Å². The van der Waals surface area contributed by atoms with Crippen LogP contribution in [-0.4, -0.2) is 25.0 Å². The fraction of sp³-hybridized carbons (Fsp3) is 1.00. The Morgan fingerprint density at radius 1 is 1.56 bits per heavy atom. The van der Waals surface area contributed by atoms with Crippen LogP contribution in [0.25, 0.3) is 0 Å². The van der Waals surface area contributed by atoms with Gasteiger partial charge in [-0.1, -0.05) is 0 Å². The Bertz CT molecular complexity index is 62.5. The minimum Gasteiger partial charge on any atom is -0.383 e. The lowest BCUT2D eigenvalue weighted by atomic mass is 10.7. The van der Waals surface area contributed by atoms with Gasteiger partial charge in [-0.15, -0.1) is 25.3 Å². The number of methoxy groups -OCH3 is 1. The third-order valence-corrected chi connectivity index (χ3v) is 0.921. The van der Waals surface area contributed by atoms with Crippen LogP contribution in [0.1, 0.15) is 0 Å². The standard InChI is InChI=1S/C4H12N2OS2/c1-7-3-2-5-6-4(8)9/h4-6,8-9H,2-3H2,1H3. The smallest absolute Gasteiger partial charge is 0.107 e. The molecule has 0 saturated heterocycles. The molecule has 5 heteroatoms. The van der Waals surface area contributed by atoms with Gasteiger partial charge >= 0.3 is 0 Å². The minimum atomic E-state index is -0.123. The molecule has 0 aliphatic heterocycles. The summed E-state index contributed by atoms with van der Waals surface area (Å²) in [7, 11) is 1.65. The van der Waals surface area contributed by atoms with Crippen LogP contribution in [0.3, 0.4) is 0 Å². The van der Waals surface area contributed by atoms with Crippen LogP contribution in [0.5, 0.6) is 0 Å². The van der Waals surface area contributed by atoms with Crippen LogP contribution in [0.2, 0.25) is 0 Å². The highest BCUT2D eigenvalue weighted by atomic mass is 32.2. The van der Waals surface area contributed by atoms with Gasteiger partial charge < -0.3 is 4.74 Å². The molecule has 0 aliphatic rings. The van der Waals surface area contributed by atoms with Gasteiger partial charge in [0.2, 0.25) is 0 Å². The van der Waals surface area contributed by atoms with Gasteiger partial charge in [0.1, 0.15) is 4.71 Å². The SMILES string of the molecule is COCCNNC(S)S. The number of thiol groups is 2. The van der Waals surface area contributed by atoms with Crippen LogP contribution in [0.4, 0.5) is 0 Å². The number of hydrogen-bond donors (Lipinski definition) is 4. The summed E-state index contributed by atoms with van der Waals surface area (Å²) in [5, 5.41) is 0. The molecule has 0 aliphatic carbocycles. The average molecular weight is 168 g/mol. The number of hydrazine groups is 1. The van der Waals surface area contributed by atoms with Gasteiger partial charge in [0.25, 0.3) is 0 Å². The summed E-state index contributed by atoms with van der Waals surface area (Å²) in [4.78, 5) is 0. The molecular weight excluding hydrogens is 156 g/mol. The van der Waals surface area contributed by atoms with Crippen LogP contribution in [-0.2, 0) is 4.74 Å². The van der Waals surface area contributed by atoms with E-state index in [2.05, 4.69) is 36.1 Å². The van der Waals surface area contributed by atoms with Crippen LogP contribution < -0.4 is 10.9 Å². The van der Waals surface area contributed by atoms with Crippen molar-refractivity contribution in [1.82, 2.24) is 10.9 Å². The maximum atomic E-state index is 4.77. The zero-order chi connectivity index (χ0) is 7.11. The number of rotatable bonds is 5. The Morgan fingerprint density at radius 2 is 2.22 bits per heavy atom. The molecule has 0 aromatic heterocycles. The normalized spacial score (nSPS) is 10.7. The zero-order valence-corrected chi connectivity index (χ0v) is 7.08. The summed E-state index contributed by atoms with van der Waals surface area (Å²) in [5.74, 6) is 0. The van der Waals surface area contributed by atoms with E-state index in [1.807, 2.05) is 0 Å². The fourth-order valence-corrected chi connectivity index (χ4v) is 0.499. The predicted octanol–water partition coefficient (Wildman–Crippen LogP) is -0.130. The molecule has 3 nitrogen and oxygen atoms in total. The Labute approximate surface area is 66.3 Å². The third kappa shape index (κ3) is 8.58. The summed E-state index contributed by atoms with van der Waals surface area (Å²) in [6.07, 6.45) is 0. The second-order valence-electron chi connectivity index (χ2n) is 1.44. The molecule has 0 fully saturated rings. The zero-order valence-electron chi connectivity index (χ0n) is 5.29. The van der Waals surface area contributed by atoms with Crippen molar-refractivity contribution in [1.29, 1.82) is 0 Å². The molecule has 0 bridgehead atoms. The summed E-state index contributed by atoms with van der Waals surface area (Å²) < 4.78 is 4.65. The van der Waals surface area contributed by atoms with Crippen molar-refractivity contribution in [2.45, 2.75) is 4.71 Å². The molecule has 9 heavy (non-hydrogen) atoms. The largest absolute Gasteiger partial charge is 0.383 e. The molecule has 0 amide bonds. The maximum absolute atomic E-state index is 4.77. The van der Waals surface area contributed by atoms with E-state index in [4.69, 9.17) is 4.74 Å². The topological polar surface area (TPSA) is 33.3 Å². The predicted molar refractivity (Wildman–Crippen MR) is 44.8 cm³/mol. The number of nitrogens with one attached hydrogen (secondary N) is 2. The lowest BCUT2D eigenvalue weighted by Crippen LogP contribution is -2.37. The van der Waals surface area contributed by atoms with Crippen molar-refractivity contribution in [3.63, 3.8) is 0 Å². The van der Waals surface area contributed by atoms with E-state index < -0.39 is 0 Å². The average Bonchev–Trinajstić information content (AvgIpc) is 1.80. The van der Waals surface area contributed by atoms with E-state index in [9.17, 15) is 0 Å². The van der Waals surface area contributed by atoms with Gasteiger partial charge in [-0.3, -0.25) is 5.43 Å². The quantitative estimate of drug-likeness (QED) is 0.200. The summed E-state index contributed by atoms with van der Waals surface area (Å²) in [6.45, 7) is 1.44. The summed E-state index contributed by atoms with van der Waals surface area (Å²) >= 11 is 7.90. The second-order valence-corrected chi connectivity index (χ2v) is 2.88. The molecule has 0 rings (SSSR count). The van der Waals surface area contributed by atoms with Gasteiger partial charge in [0.15, 0.2) is 0 Å². The highest BCUT2D eigenvalue weighted by molar-refractivity contribution is 7.99. The number of hydrogen-bond acceptors (Lipinski definition) is 5. The molecule has 0 unspecified atom stereocenters. The molecule has 0 atom stereocenters. The second kappa shape index (κ2) is 6.70. The first-order valence-electron chi connectivity index (χ1n) is 2.61. The number of ether oxygens (including phenoxy) is 1. The summed E-state index contributed by atoms with van der Waals surface area (Å²) in [6, 6.07) is 0. The van der Waals surface area contributed by atoms with E-state index in [0.717, 1.165) is 6.54 Å². The highest BCUT2D eigenvalue weighted by Crippen LogP contribution is 1.89. The van der Waals surface area contributed by atoms with Crippen molar-refractivity contribution in [2.24, 2.45) is 0 Å². The van der Waals surface area contributed by atoms with Crippen LogP contribution in [0.15, 0.2) is 0 Å². The molecule has 0 saturated carbocycles. The Kier molecular flexibility index (Phi) is 7.13. The summed E-state index contributed by atoms with van der Waals surface area (Å²) in [5.41, 5.74) is 5.64. The van der Waals surface area contributed by atoms with E-state index in [1.54, 1.807) is 7.11 Å². The van der Waals surface area contributed by atoms with Crippen molar-refractivity contribution < 1.29 is 4.74 Å². The van der Waals surface area contributed by atoms with Gasteiger partial charge in [-0.05, 0) is 0 Å². The first-order chi connectivity index (χ1) is 4.27. The molecule has 2 N–H and O–H groups in total. The van der Waals surface area contributed by atoms with Crippen molar-refractivity contribution in [3.05, 3.63) is 0 Å². The van der Waals surface area contributed by atoms with Crippen LogP contribution >= 0.6 is 25.3 Å². The molecular formula is C4H12N2OS2. The Morgan fingerprint density at radius 3 is 2.67 bits per heavy atom. The Balaban J connectivity index is 2.75. The van der Waals surface area contributed by atoms with Gasteiger partial charge in [-0.25, -0.2) is 5.43 Å². The molecule has 0 aromatic carbocycles. The van der Waals surface area contributed by atoms with Crippen molar-refractivity contribution in [2.75, 3.05) is 20.3 Å². The lowest BCUT2D eigenvalue weighted by Gasteiger charge is -2.06. The van der Waals surface area contributed by atoms with Crippen molar-refractivity contribution >= 4 is 25.3 Å². The van der Waals surface area contributed by atoms with Crippen LogP contribution in [0, 0.1) is 0 Å². The third-order valence-electron chi connectivity index (χ3n) is 0.662. The van der Waals surface area contributed by atoms with E-state index >= 15 is 0 Å². The molecule has 0 radical (unpaired) electrons. The first-order valence-corrected chi connectivity index (χ1v) is 3.64. The molecule has 0 heterocycles. The van der Waals surface area contributed by atoms with Gasteiger partial charge in [0, 0.05) is 13.7 Å². The van der Waals surface area contributed by atoms with E-state index in [0.29, 0.717) is 6.61 Å². The highest BCUT2D eigenvalue weighted by Gasteiger charge is 1.89. The van der Waals surface area contributed by atoms with Gasteiger partial charge in [-0.2, -0.15) is 0 Å². The Hall–Kier alpha value is 0.580. The van der Waals surface area contributed by atoms with E-state index in [1.165, 1.54) is 0 Å². The van der Waals surface area contributed by atoms with Gasteiger partial charge in [0.05, 0.1) is 6.61 Å². The lowest BCUT2D eigenvalue weighted by molar-refractivity contribution is 0.196. The first kappa shape index (κ1) is 9.58.